The van der Waals surface area contributed by atoms with E-state index >= 15 is 0 Å². The van der Waals surface area contributed by atoms with E-state index in [1.165, 1.54) is 67.6 Å². The Hall–Kier alpha value is -3.11. The third-order valence-electron chi connectivity index (χ3n) is 6.76. The number of aryl methyl sites for hydroxylation is 1. The molecular weight excluding hydrogens is 679 g/mol. The predicted octanol–water partition coefficient (Wildman–Crippen LogP) is 8.88. The molecule has 5 aromatic rings. The van der Waals surface area contributed by atoms with Crippen LogP contribution in [0.4, 0.5) is 0 Å². The van der Waals surface area contributed by atoms with E-state index in [1.54, 1.807) is 0 Å². The Morgan fingerprint density at radius 1 is 1.00 bits per heavy atom. The zero-order valence-corrected chi connectivity index (χ0v) is 26.7. The smallest absolute Gasteiger partial charge is 0.155 e. The molecule has 0 saturated heterocycles. The molecule has 0 aliphatic heterocycles. The van der Waals surface area contributed by atoms with Gasteiger partial charge in [0.05, 0.1) is 17.6 Å². The summed E-state index contributed by atoms with van der Waals surface area (Å²) in [6.45, 7) is 16.5. The third kappa shape index (κ3) is 6.22. The molecule has 2 aromatic heterocycles. The number of nitrogens with zero attached hydrogens (tertiary/aromatic N) is 1. The first-order valence-electron chi connectivity index (χ1n) is 12.9. The van der Waals surface area contributed by atoms with E-state index in [0.29, 0.717) is 0 Å². The normalized spacial score (nSPS) is 11.8. The average molecular weight is 715 g/mol. The van der Waals surface area contributed by atoms with Gasteiger partial charge in [-0.1, -0.05) is 69.0 Å². The summed E-state index contributed by atoms with van der Waals surface area (Å²) in [4.78, 5) is 10.0. The Kier molecular flexibility index (Phi) is 9.33. The fourth-order valence-corrected chi connectivity index (χ4v) is 6.26. The first-order chi connectivity index (χ1) is 17.9. The van der Waals surface area contributed by atoms with Crippen LogP contribution in [0, 0.1) is 14.0 Å². The molecule has 0 unspecified atom stereocenters. The Morgan fingerprint density at radius 2 is 1.67 bits per heavy atom. The minimum Gasteiger partial charge on any atom is -0.512 e. The van der Waals surface area contributed by atoms with Crippen molar-refractivity contribution in [3.63, 3.8) is 0 Å². The van der Waals surface area contributed by atoms with Crippen LogP contribution < -0.4 is 4.57 Å². The van der Waals surface area contributed by atoms with Crippen molar-refractivity contribution >= 4 is 48.1 Å². The Balaban J connectivity index is 0.000000468. The van der Waals surface area contributed by atoms with Crippen LogP contribution in [0.2, 0.25) is 0 Å². The average Bonchev–Trinajstić information content (AvgIpc) is 3.21. The molecule has 3 nitrogen and oxygen atoms in total. The van der Waals surface area contributed by atoms with Gasteiger partial charge in [0.15, 0.2) is 5.78 Å². The van der Waals surface area contributed by atoms with E-state index in [0.717, 1.165) is 17.7 Å². The molecule has 5 rings (SSSR count). The number of ketones is 1. The van der Waals surface area contributed by atoms with Crippen LogP contribution in [0.1, 0.15) is 58.2 Å². The van der Waals surface area contributed by atoms with Crippen molar-refractivity contribution in [3.05, 3.63) is 103 Å². The maximum absolute atomic E-state index is 10.0. The number of aliphatic hydroxyl groups excluding tert-OH is 1. The van der Waals surface area contributed by atoms with Gasteiger partial charge in [0.1, 0.15) is 0 Å². The molecule has 3 aromatic carbocycles. The van der Waals surface area contributed by atoms with Crippen LogP contribution in [0.3, 0.4) is 0 Å². The quantitative estimate of drug-likeness (QED) is 0.0879. The van der Waals surface area contributed by atoms with Gasteiger partial charge >= 0.3 is 0 Å². The zero-order chi connectivity index (χ0) is 27.8. The zero-order valence-electron chi connectivity index (χ0n) is 23.5. The second kappa shape index (κ2) is 12.0. The molecule has 0 saturated carbocycles. The molecule has 1 N–H and O–H groups in total. The Morgan fingerprint density at radius 3 is 2.23 bits per heavy atom. The number of carbonyl (C=O) groups is 1. The second-order valence-corrected chi connectivity index (χ2v) is 11.9. The van der Waals surface area contributed by atoms with Gasteiger partial charge in [-0.15, -0.1) is 34.4 Å². The summed E-state index contributed by atoms with van der Waals surface area (Å²) in [7, 11) is 4.36. The van der Waals surface area contributed by atoms with Crippen LogP contribution >= 0.6 is 11.3 Å². The van der Waals surface area contributed by atoms with Crippen molar-refractivity contribution in [2.24, 2.45) is 0 Å². The standard InChI is InChI=1S/C29H28NS.C5H8O2.Ir/c1-7-19-12-13-22-23-14-15-30(6)27(28(23)31-26(22)16-19)24-17-25(29(3,4)5)21-11-9-8-10-20(21)18(24)2;1-4(6)3-5(2)7;/h8-17H,2,6-7H2,1,3-5H3;3,6H,1-2H3;/q-1;;/b;4-3-;. The topological polar surface area (TPSA) is 41.2 Å². The van der Waals surface area contributed by atoms with E-state index in [9.17, 15) is 4.79 Å². The number of rotatable bonds is 3. The molecule has 5 heteroatoms. The molecule has 1 radical (unpaired) electrons. The summed E-state index contributed by atoms with van der Waals surface area (Å²) in [5.41, 5.74) is 6.14. The summed E-state index contributed by atoms with van der Waals surface area (Å²) < 4.78 is 4.63. The van der Waals surface area contributed by atoms with Crippen LogP contribution in [0.15, 0.2) is 72.6 Å². The van der Waals surface area contributed by atoms with E-state index < -0.39 is 0 Å². The number of thiophene rings is 1. The molecule has 0 aliphatic rings. The molecule has 0 bridgehead atoms. The number of pyridine rings is 1. The number of hydrogen-bond acceptors (Lipinski definition) is 3. The first kappa shape index (κ1) is 30.4. The largest absolute Gasteiger partial charge is 0.512 e. The SMILES string of the molecule is CC(=O)/C=C(/C)O.[CH2-]c1c(-c2c3sc4cc(CC)ccc4c3cc[n+]2[CH2-])cc(C(C)(C)C)c2ccccc12.[Ir]. The molecule has 39 heavy (non-hydrogen) atoms. The molecule has 0 fully saturated rings. The first-order valence-corrected chi connectivity index (χ1v) is 13.7. The number of hydrogen-bond donors (Lipinski definition) is 1. The number of benzene rings is 3. The van der Waals surface area contributed by atoms with Crippen LogP contribution in [-0.2, 0) is 36.7 Å². The van der Waals surface area contributed by atoms with Gasteiger partial charge in [0, 0.05) is 42.6 Å². The minimum absolute atomic E-state index is 0. The second-order valence-electron chi connectivity index (χ2n) is 10.8. The van der Waals surface area contributed by atoms with Gasteiger partial charge in [-0.05, 0) is 54.2 Å². The van der Waals surface area contributed by atoms with Crippen molar-refractivity contribution < 1.29 is 34.6 Å². The van der Waals surface area contributed by atoms with Crippen molar-refractivity contribution in [2.45, 2.75) is 53.4 Å². The summed E-state index contributed by atoms with van der Waals surface area (Å²) in [5.74, 6) is -0.0625. The summed E-state index contributed by atoms with van der Waals surface area (Å²) >= 11 is 1.87. The Bertz CT molecular complexity index is 1700. The predicted molar refractivity (Wildman–Crippen MR) is 163 cm³/mol. The summed E-state index contributed by atoms with van der Waals surface area (Å²) in [6, 6.07) is 20.1. The van der Waals surface area contributed by atoms with Crippen LogP contribution in [-0.4, -0.2) is 10.9 Å². The minimum atomic E-state index is -0.125. The molecule has 0 amide bonds. The van der Waals surface area contributed by atoms with E-state index in [-0.39, 0.29) is 37.1 Å². The molecule has 2 heterocycles. The molecule has 205 valence electrons. The van der Waals surface area contributed by atoms with Gasteiger partial charge in [-0.2, -0.15) is 12.5 Å². The molecular formula is C34H36IrNO2S-. The monoisotopic (exact) mass is 715 g/mol. The van der Waals surface area contributed by atoms with Gasteiger partial charge in [0.2, 0.25) is 0 Å². The van der Waals surface area contributed by atoms with Gasteiger partial charge in [-0.3, -0.25) is 4.79 Å². The summed E-state index contributed by atoms with van der Waals surface area (Å²) in [6.07, 6.45) is 4.30. The Labute approximate surface area is 249 Å². The molecule has 0 spiro atoms. The van der Waals surface area contributed by atoms with Crippen molar-refractivity contribution in [2.75, 3.05) is 0 Å². The fraction of sp³-hybridized carbons (Fsp3) is 0.235. The summed E-state index contributed by atoms with van der Waals surface area (Å²) in [5, 5.41) is 13.5. The van der Waals surface area contributed by atoms with Gasteiger partial charge in [0.25, 0.3) is 0 Å². The van der Waals surface area contributed by atoms with Crippen LogP contribution in [0.25, 0.3) is 42.2 Å². The van der Waals surface area contributed by atoms with E-state index in [1.807, 2.05) is 15.9 Å². The number of aromatic nitrogens is 1. The number of allylic oxidation sites excluding steroid dienone is 2. The van der Waals surface area contributed by atoms with Gasteiger partial charge < -0.3 is 9.67 Å². The number of fused-ring (bicyclic) bond motifs is 4. The molecule has 0 aliphatic carbocycles. The number of aliphatic hydroxyl groups is 1. The molecule has 0 atom stereocenters. The third-order valence-corrected chi connectivity index (χ3v) is 7.93. The van der Waals surface area contributed by atoms with Crippen molar-refractivity contribution in [3.8, 4) is 11.3 Å². The van der Waals surface area contributed by atoms with Crippen LogP contribution in [0.5, 0.6) is 0 Å². The fourth-order valence-electron chi connectivity index (χ4n) is 4.93. The van der Waals surface area contributed by atoms with Crippen molar-refractivity contribution in [1.82, 2.24) is 0 Å². The van der Waals surface area contributed by atoms with Gasteiger partial charge in [-0.25, -0.2) is 0 Å². The number of carbonyl (C=O) groups excluding carboxylic acids is 1. The van der Waals surface area contributed by atoms with E-state index in [2.05, 4.69) is 102 Å². The van der Waals surface area contributed by atoms with Crippen molar-refractivity contribution in [1.29, 1.82) is 0 Å². The van der Waals surface area contributed by atoms with E-state index in [4.69, 9.17) is 5.11 Å². The maximum atomic E-state index is 10.0. The maximum Gasteiger partial charge on any atom is 0.155 e.